The summed E-state index contributed by atoms with van der Waals surface area (Å²) in [6.45, 7) is 0.406. The van der Waals surface area contributed by atoms with Gasteiger partial charge in [-0.15, -0.1) is 11.3 Å². The van der Waals surface area contributed by atoms with Crippen LogP contribution in [0.15, 0.2) is 58.5 Å². The summed E-state index contributed by atoms with van der Waals surface area (Å²) in [6.07, 6.45) is 1.88. The third kappa shape index (κ3) is 3.58. The second-order valence-corrected chi connectivity index (χ2v) is 5.47. The highest BCUT2D eigenvalue weighted by molar-refractivity contribution is 7.10. The number of nitrogens with one attached hydrogen (secondary N) is 1. The van der Waals surface area contributed by atoms with Gasteiger partial charge in [0, 0.05) is 10.9 Å². The van der Waals surface area contributed by atoms with Gasteiger partial charge in [0.15, 0.2) is 0 Å². The predicted octanol–water partition coefficient (Wildman–Crippen LogP) is 3.26. The Morgan fingerprint density at radius 3 is 2.81 bits per heavy atom. The number of aromatic nitrogens is 1. The minimum Gasteiger partial charge on any atom is -0.467 e. The van der Waals surface area contributed by atoms with E-state index in [0.29, 0.717) is 6.54 Å². The Bertz CT molecular complexity index is 705. The van der Waals surface area contributed by atoms with Crippen molar-refractivity contribution in [2.24, 2.45) is 0 Å². The van der Waals surface area contributed by atoms with E-state index in [1.807, 2.05) is 41.8 Å². The van der Waals surface area contributed by atoms with Crippen LogP contribution < -0.4 is 5.32 Å². The summed E-state index contributed by atoms with van der Waals surface area (Å²) in [5.74, 6) is 0.688. The topological polar surface area (TPSA) is 55.1 Å². The molecule has 0 spiro atoms. The molecule has 0 radical (unpaired) electrons. The van der Waals surface area contributed by atoms with Crippen molar-refractivity contribution in [1.29, 1.82) is 0 Å². The minimum atomic E-state index is -0.0552. The second-order valence-electron chi connectivity index (χ2n) is 4.53. The Hall–Kier alpha value is -2.40. The maximum atomic E-state index is 11.9. The van der Waals surface area contributed by atoms with E-state index in [1.54, 1.807) is 12.3 Å². The Kier molecular flexibility index (Phi) is 4.12. The van der Waals surface area contributed by atoms with Crippen LogP contribution >= 0.6 is 11.3 Å². The number of carbonyl (C=O) groups excluding carboxylic acids is 1. The summed E-state index contributed by atoms with van der Waals surface area (Å²) in [5, 5.41) is 5.60. The van der Waals surface area contributed by atoms with Crippen molar-refractivity contribution in [1.82, 2.24) is 10.3 Å². The van der Waals surface area contributed by atoms with E-state index >= 15 is 0 Å². The van der Waals surface area contributed by atoms with E-state index in [2.05, 4.69) is 10.3 Å². The minimum absolute atomic E-state index is 0.0552. The molecule has 0 fully saturated rings. The van der Waals surface area contributed by atoms with Crippen LogP contribution in [0.4, 0.5) is 0 Å². The van der Waals surface area contributed by atoms with Crippen LogP contribution in [-0.2, 0) is 17.8 Å². The number of nitrogens with zero attached hydrogens (tertiary/aromatic N) is 1. The summed E-state index contributed by atoms with van der Waals surface area (Å²) < 4.78 is 5.17. The van der Waals surface area contributed by atoms with Crippen LogP contribution in [0.2, 0.25) is 0 Å². The molecule has 3 rings (SSSR count). The van der Waals surface area contributed by atoms with E-state index in [9.17, 15) is 4.79 Å². The number of carbonyl (C=O) groups is 1. The fourth-order valence-corrected chi connectivity index (χ4v) is 2.73. The Labute approximate surface area is 126 Å². The molecule has 0 unspecified atom stereocenters. The van der Waals surface area contributed by atoms with E-state index < -0.39 is 0 Å². The first-order valence-electron chi connectivity index (χ1n) is 6.60. The number of benzene rings is 1. The van der Waals surface area contributed by atoms with Gasteiger partial charge in [-0.2, -0.15) is 0 Å². The van der Waals surface area contributed by atoms with Crippen LogP contribution in [-0.4, -0.2) is 10.9 Å². The van der Waals surface area contributed by atoms with Crippen LogP contribution in [0.25, 0.3) is 11.3 Å². The lowest BCUT2D eigenvalue weighted by molar-refractivity contribution is -0.120. The van der Waals surface area contributed by atoms with Crippen LogP contribution in [0.3, 0.4) is 0 Å². The van der Waals surface area contributed by atoms with Gasteiger partial charge in [-0.25, -0.2) is 4.98 Å². The molecule has 0 saturated heterocycles. The van der Waals surface area contributed by atoms with E-state index in [-0.39, 0.29) is 12.3 Å². The molecule has 1 N–H and O–H groups in total. The molecular formula is C16H14N2O2S. The summed E-state index contributed by atoms with van der Waals surface area (Å²) in [4.78, 5) is 16.4. The van der Waals surface area contributed by atoms with Gasteiger partial charge in [-0.05, 0) is 12.1 Å². The molecule has 0 bridgehead atoms. The highest BCUT2D eigenvalue weighted by Crippen LogP contribution is 2.21. The fraction of sp³-hybridized carbons (Fsp3) is 0.125. The molecule has 0 atom stereocenters. The SMILES string of the molecule is O=C(Cc1nc(-c2ccccc2)cs1)NCc1ccco1. The zero-order valence-electron chi connectivity index (χ0n) is 11.3. The molecule has 21 heavy (non-hydrogen) atoms. The van der Waals surface area contributed by atoms with E-state index in [4.69, 9.17) is 4.42 Å². The zero-order chi connectivity index (χ0) is 14.5. The Morgan fingerprint density at radius 2 is 2.05 bits per heavy atom. The number of hydrogen-bond acceptors (Lipinski definition) is 4. The molecule has 2 heterocycles. The van der Waals surface area contributed by atoms with Gasteiger partial charge in [0.2, 0.25) is 5.91 Å². The van der Waals surface area contributed by atoms with E-state index in [0.717, 1.165) is 22.0 Å². The lowest BCUT2D eigenvalue weighted by atomic mass is 10.2. The average Bonchev–Trinajstić information content (AvgIpc) is 3.17. The van der Waals surface area contributed by atoms with Gasteiger partial charge < -0.3 is 9.73 Å². The first-order chi connectivity index (χ1) is 10.3. The molecule has 1 amide bonds. The predicted molar refractivity (Wildman–Crippen MR) is 81.8 cm³/mol. The highest BCUT2D eigenvalue weighted by Gasteiger charge is 2.09. The normalized spacial score (nSPS) is 10.5. The van der Waals surface area contributed by atoms with Crippen LogP contribution in [0, 0.1) is 0 Å². The van der Waals surface area contributed by atoms with Gasteiger partial charge in [-0.1, -0.05) is 30.3 Å². The van der Waals surface area contributed by atoms with Crippen molar-refractivity contribution in [3.8, 4) is 11.3 Å². The summed E-state index contributed by atoms with van der Waals surface area (Å²) >= 11 is 1.50. The van der Waals surface area contributed by atoms with Crippen molar-refractivity contribution < 1.29 is 9.21 Å². The van der Waals surface area contributed by atoms with Crippen LogP contribution in [0.5, 0.6) is 0 Å². The molecular weight excluding hydrogens is 284 g/mol. The summed E-state index contributed by atoms with van der Waals surface area (Å²) in [6, 6.07) is 13.6. The van der Waals surface area contributed by atoms with E-state index in [1.165, 1.54) is 11.3 Å². The lowest BCUT2D eigenvalue weighted by Crippen LogP contribution is -2.24. The molecule has 0 aliphatic carbocycles. The standard InChI is InChI=1S/C16H14N2O2S/c19-15(17-10-13-7-4-8-20-13)9-16-18-14(11-21-16)12-5-2-1-3-6-12/h1-8,11H,9-10H2,(H,17,19). The van der Waals surface area contributed by atoms with Gasteiger partial charge in [0.25, 0.3) is 0 Å². The van der Waals surface area contributed by atoms with Crippen molar-refractivity contribution >= 4 is 17.2 Å². The Morgan fingerprint density at radius 1 is 1.19 bits per heavy atom. The van der Waals surface area contributed by atoms with Crippen LogP contribution in [0.1, 0.15) is 10.8 Å². The molecule has 106 valence electrons. The van der Waals surface area contributed by atoms with Gasteiger partial charge in [0.05, 0.1) is 24.9 Å². The molecule has 0 aliphatic rings. The highest BCUT2D eigenvalue weighted by atomic mass is 32.1. The smallest absolute Gasteiger partial charge is 0.227 e. The molecule has 0 saturated carbocycles. The average molecular weight is 298 g/mol. The summed E-state index contributed by atoms with van der Waals surface area (Å²) in [7, 11) is 0. The maximum absolute atomic E-state index is 11.9. The number of hydrogen-bond donors (Lipinski definition) is 1. The maximum Gasteiger partial charge on any atom is 0.227 e. The van der Waals surface area contributed by atoms with Gasteiger partial charge >= 0.3 is 0 Å². The third-order valence-corrected chi connectivity index (χ3v) is 3.82. The van der Waals surface area contributed by atoms with Crippen molar-refractivity contribution in [2.75, 3.05) is 0 Å². The number of rotatable bonds is 5. The fourth-order valence-electron chi connectivity index (χ4n) is 1.93. The summed E-state index contributed by atoms with van der Waals surface area (Å²) in [5.41, 5.74) is 1.98. The van der Waals surface area contributed by atoms with Gasteiger partial charge in [0.1, 0.15) is 10.8 Å². The van der Waals surface area contributed by atoms with Crippen molar-refractivity contribution in [3.63, 3.8) is 0 Å². The molecule has 3 aromatic rings. The number of amides is 1. The molecule has 0 aliphatic heterocycles. The number of thiazole rings is 1. The monoisotopic (exact) mass is 298 g/mol. The quantitative estimate of drug-likeness (QED) is 0.786. The Balaban J connectivity index is 1.58. The third-order valence-electron chi connectivity index (χ3n) is 2.97. The lowest BCUT2D eigenvalue weighted by Gasteiger charge is -2.01. The van der Waals surface area contributed by atoms with Gasteiger partial charge in [-0.3, -0.25) is 4.79 Å². The molecule has 5 heteroatoms. The second kappa shape index (κ2) is 6.37. The van der Waals surface area contributed by atoms with Crippen molar-refractivity contribution in [3.05, 3.63) is 64.9 Å². The molecule has 4 nitrogen and oxygen atoms in total. The molecule has 2 aromatic heterocycles. The van der Waals surface area contributed by atoms with Crippen molar-refractivity contribution in [2.45, 2.75) is 13.0 Å². The molecule has 1 aromatic carbocycles. The zero-order valence-corrected chi connectivity index (χ0v) is 12.1. The largest absolute Gasteiger partial charge is 0.467 e. The number of furan rings is 1. The first kappa shape index (κ1) is 13.6. The first-order valence-corrected chi connectivity index (χ1v) is 7.48.